The first kappa shape index (κ1) is 10.5. The Balaban J connectivity index is 2.65. The van der Waals surface area contributed by atoms with Gasteiger partial charge in [-0.3, -0.25) is 4.79 Å². The van der Waals surface area contributed by atoms with E-state index >= 15 is 0 Å². The zero-order chi connectivity index (χ0) is 11.5. The van der Waals surface area contributed by atoms with Crippen molar-refractivity contribution in [1.29, 1.82) is 0 Å². The smallest absolute Gasteiger partial charge is 0.248 e. The van der Waals surface area contributed by atoms with Crippen molar-refractivity contribution < 1.29 is 9.47 Å². The molecule has 0 spiro atoms. The van der Waals surface area contributed by atoms with E-state index in [1.54, 1.807) is 19.4 Å². The van der Waals surface area contributed by atoms with Crippen LogP contribution in [0.3, 0.4) is 0 Å². The summed E-state index contributed by atoms with van der Waals surface area (Å²) >= 11 is 0. The van der Waals surface area contributed by atoms with Crippen LogP contribution >= 0.6 is 0 Å². The molecule has 4 nitrogen and oxygen atoms in total. The van der Waals surface area contributed by atoms with Gasteiger partial charge in [-0.05, 0) is 24.4 Å². The van der Waals surface area contributed by atoms with Gasteiger partial charge in [-0.1, -0.05) is 0 Å². The quantitative estimate of drug-likeness (QED) is 0.858. The van der Waals surface area contributed by atoms with Gasteiger partial charge in [-0.15, -0.1) is 0 Å². The van der Waals surface area contributed by atoms with Gasteiger partial charge >= 0.3 is 0 Å². The van der Waals surface area contributed by atoms with E-state index in [0.29, 0.717) is 18.1 Å². The van der Waals surface area contributed by atoms with Crippen molar-refractivity contribution >= 4 is 10.8 Å². The van der Waals surface area contributed by atoms with E-state index in [1.165, 1.54) is 6.07 Å². The summed E-state index contributed by atoms with van der Waals surface area (Å²) in [6, 6.07) is 5.19. The molecule has 0 saturated heterocycles. The first-order valence-electron chi connectivity index (χ1n) is 5.08. The average Bonchev–Trinajstić information content (AvgIpc) is 2.29. The highest BCUT2D eigenvalue weighted by Crippen LogP contribution is 2.31. The van der Waals surface area contributed by atoms with Crippen molar-refractivity contribution in [3.8, 4) is 11.5 Å². The van der Waals surface area contributed by atoms with Gasteiger partial charge < -0.3 is 14.5 Å². The van der Waals surface area contributed by atoms with Crippen LogP contribution in [0.2, 0.25) is 0 Å². The number of rotatable bonds is 3. The van der Waals surface area contributed by atoms with E-state index in [9.17, 15) is 4.79 Å². The van der Waals surface area contributed by atoms with Crippen LogP contribution in [0.25, 0.3) is 10.8 Å². The molecule has 0 amide bonds. The van der Waals surface area contributed by atoms with Gasteiger partial charge in [-0.2, -0.15) is 0 Å². The fourth-order valence-corrected chi connectivity index (χ4v) is 1.60. The second-order valence-electron chi connectivity index (χ2n) is 3.36. The Morgan fingerprint density at radius 3 is 2.62 bits per heavy atom. The number of aromatic amines is 1. The first-order valence-corrected chi connectivity index (χ1v) is 5.08. The van der Waals surface area contributed by atoms with Crippen molar-refractivity contribution in [3.05, 3.63) is 34.7 Å². The monoisotopic (exact) mass is 219 g/mol. The second kappa shape index (κ2) is 4.26. The lowest BCUT2D eigenvalue weighted by atomic mass is 10.1. The Morgan fingerprint density at radius 2 is 1.94 bits per heavy atom. The molecule has 0 aliphatic rings. The Labute approximate surface area is 92.8 Å². The third-order valence-corrected chi connectivity index (χ3v) is 2.33. The molecule has 0 saturated carbocycles. The molecule has 2 rings (SSSR count). The molecule has 2 aromatic rings. The number of ether oxygens (including phenoxy) is 2. The number of methoxy groups -OCH3 is 1. The predicted molar refractivity (Wildman–Crippen MR) is 62.3 cm³/mol. The van der Waals surface area contributed by atoms with Crippen molar-refractivity contribution in [2.45, 2.75) is 6.92 Å². The highest BCUT2D eigenvalue weighted by Gasteiger charge is 2.06. The van der Waals surface area contributed by atoms with Gasteiger partial charge in [0, 0.05) is 17.6 Å². The number of H-pyrrole nitrogens is 1. The minimum atomic E-state index is -0.126. The Morgan fingerprint density at radius 1 is 1.19 bits per heavy atom. The van der Waals surface area contributed by atoms with Gasteiger partial charge in [0.15, 0.2) is 11.5 Å². The molecule has 0 aliphatic heterocycles. The normalized spacial score (nSPS) is 10.4. The lowest BCUT2D eigenvalue weighted by Gasteiger charge is -2.10. The van der Waals surface area contributed by atoms with Crippen molar-refractivity contribution in [1.82, 2.24) is 4.98 Å². The molecule has 0 aliphatic carbocycles. The lowest BCUT2D eigenvalue weighted by molar-refractivity contribution is 0.311. The molecule has 1 aromatic carbocycles. The van der Waals surface area contributed by atoms with Crippen LogP contribution in [0, 0.1) is 0 Å². The molecular weight excluding hydrogens is 206 g/mol. The number of hydrogen-bond donors (Lipinski definition) is 1. The third-order valence-electron chi connectivity index (χ3n) is 2.33. The van der Waals surface area contributed by atoms with Crippen LogP contribution in [-0.4, -0.2) is 18.7 Å². The summed E-state index contributed by atoms with van der Waals surface area (Å²) in [5.74, 6) is 1.32. The topological polar surface area (TPSA) is 51.3 Å². The largest absolute Gasteiger partial charge is 0.493 e. The first-order chi connectivity index (χ1) is 7.74. The van der Waals surface area contributed by atoms with Crippen molar-refractivity contribution in [3.63, 3.8) is 0 Å². The van der Waals surface area contributed by atoms with Crippen LogP contribution in [0.15, 0.2) is 29.2 Å². The maximum absolute atomic E-state index is 11.2. The summed E-state index contributed by atoms with van der Waals surface area (Å²) in [5.41, 5.74) is -0.126. The summed E-state index contributed by atoms with van der Waals surface area (Å²) in [5, 5.41) is 1.76. The summed E-state index contributed by atoms with van der Waals surface area (Å²) in [4.78, 5) is 13.8. The van der Waals surface area contributed by atoms with Gasteiger partial charge in [-0.25, -0.2) is 0 Å². The molecule has 0 unspecified atom stereocenters. The van der Waals surface area contributed by atoms with Crippen LogP contribution in [-0.2, 0) is 0 Å². The SMILES string of the molecule is CCOc1cc2c[nH]c(=O)cc2cc1OC. The molecular formula is C12H13NO3. The van der Waals surface area contributed by atoms with E-state index in [4.69, 9.17) is 9.47 Å². The maximum Gasteiger partial charge on any atom is 0.248 e. The molecule has 84 valence electrons. The van der Waals surface area contributed by atoms with Gasteiger partial charge in [0.25, 0.3) is 0 Å². The third kappa shape index (κ3) is 1.86. The summed E-state index contributed by atoms with van der Waals surface area (Å²) in [6.45, 7) is 2.49. The van der Waals surface area contributed by atoms with Crippen molar-refractivity contribution in [2.24, 2.45) is 0 Å². The van der Waals surface area contributed by atoms with Gasteiger partial charge in [0.1, 0.15) is 0 Å². The highest BCUT2D eigenvalue weighted by atomic mass is 16.5. The molecule has 16 heavy (non-hydrogen) atoms. The molecule has 0 fully saturated rings. The van der Waals surface area contributed by atoms with Gasteiger partial charge in [0.05, 0.1) is 13.7 Å². The fourth-order valence-electron chi connectivity index (χ4n) is 1.60. The van der Waals surface area contributed by atoms with Crippen LogP contribution in [0.1, 0.15) is 6.92 Å². The Hall–Kier alpha value is -1.97. The minimum Gasteiger partial charge on any atom is -0.493 e. The van der Waals surface area contributed by atoms with E-state index in [0.717, 1.165) is 10.8 Å². The lowest BCUT2D eigenvalue weighted by Crippen LogP contribution is -2.02. The fraction of sp³-hybridized carbons (Fsp3) is 0.250. The van der Waals surface area contributed by atoms with Crippen LogP contribution < -0.4 is 15.0 Å². The average molecular weight is 219 g/mol. The number of pyridine rings is 1. The number of hydrogen-bond acceptors (Lipinski definition) is 3. The maximum atomic E-state index is 11.2. The minimum absolute atomic E-state index is 0.126. The Kier molecular flexibility index (Phi) is 2.81. The molecule has 1 heterocycles. The molecule has 1 N–H and O–H groups in total. The zero-order valence-corrected chi connectivity index (χ0v) is 9.24. The van der Waals surface area contributed by atoms with Gasteiger partial charge in [0.2, 0.25) is 5.56 Å². The van der Waals surface area contributed by atoms with Crippen LogP contribution in [0.4, 0.5) is 0 Å². The molecule has 0 atom stereocenters. The molecule has 4 heteroatoms. The summed E-state index contributed by atoms with van der Waals surface area (Å²) < 4.78 is 10.7. The molecule has 0 bridgehead atoms. The van der Waals surface area contributed by atoms with E-state index in [1.807, 2.05) is 13.0 Å². The van der Waals surface area contributed by atoms with Crippen molar-refractivity contribution in [2.75, 3.05) is 13.7 Å². The number of fused-ring (bicyclic) bond motifs is 1. The molecule has 1 aromatic heterocycles. The second-order valence-corrected chi connectivity index (χ2v) is 3.36. The van der Waals surface area contributed by atoms with E-state index < -0.39 is 0 Å². The summed E-state index contributed by atoms with van der Waals surface area (Å²) in [7, 11) is 1.58. The highest BCUT2D eigenvalue weighted by molar-refractivity contribution is 5.85. The summed E-state index contributed by atoms with van der Waals surface area (Å²) in [6.07, 6.45) is 1.67. The number of benzene rings is 1. The number of nitrogens with one attached hydrogen (secondary N) is 1. The zero-order valence-electron chi connectivity index (χ0n) is 9.24. The van der Waals surface area contributed by atoms with E-state index in [-0.39, 0.29) is 5.56 Å². The molecule has 0 radical (unpaired) electrons. The van der Waals surface area contributed by atoms with E-state index in [2.05, 4.69) is 4.98 Å². The standard InChI is InChI=1S/C12H13NO3/c1-3-16-11-5-9-7-13-12(14)6-8(9)4-10(11)15-2/h4-7H,3H2,1-2H3,(H,13,14). The Bertz CT molecular complexity index is 560. The van der Waals surface area contributed by atoms with Crippen LogP contribution in [0.5, 0.6) is 11.5 Å². The number of aromatic nitrogens is 1. The predicted octanol–water partition coefficient (Wildman–Crippen LogP) is 1.94.